The SMILES string of the molecule is CCC(=O)c1ccc(CCN(C(C)=O)S(=O)(=O)c2ccc(Cl)cc2)cc1. The molecule has 1 amide bonds. The zero-order valence-corrected chi connectivity index (χ0v) is 16.2. The van der Waals surface area contributed by atoms with E-state index in [0.717, 1.165) is 9.87 Å². The molecule has 0 aromatic heterocycles. The Balaban J connectivity index is 2.17. The Morgan fingerprint density at radius 3 is 2.08 bits per heavy atom. The van der Waals surface area contributed by atoms with Gasteiger partial charge in [0.15, 0.2) is 5.78 Å². The quantitative estimate of drug-likeness (QED) is 0.672. The van der Waals surface area contributed by atoms with Gasteiger partial charge in [0.2, 0.25) is 5.91 Å². The van der Waals surface area contributed by atoms with Crippen molar-refractivity contribution in [3.63, 3.8) is 0 Å². The number of nitrogens with zero attached hydrogens (tertiary/aromatic N) is 1. The van der Waals surface area contributed by atoms with Crippen molar-refractivity contribution >= 4 is 33.3 Å². The van der Waals surface area contributed by atoms with E-state index in [1.807, 2.05) is 0 Å². The second kappa shape index (κ2) is 8.47. The molecular formula is C19H20ClNO4S. The zero-order chi connectivity index (χ0) is 19.3. The van der Waals surface area contributed by atoms with Crippen LogP contribution in [0.4, 0.5) is 0 Å². The molecule has 138 valence electrons. The highest BCUT2D eigenvalue weighted by Crippen LogP contribution is 2.19. The Morgan fingerprint density at radius 1 is 1.00 bits per heavy atom. The van der Waals surface area contributed by atoms with E-state index in [2.05, 4.69) is 0 Å². The van der Waals surface area contributed by atoms with Crippen molar-refractivity contribution in [2.75, 3.05) is 6.54 Å². The molecule has 0 saturated heterocycles. The fourth-order valence-electron chi connectivity index (χ4n) is 2.47. The summed E-state index contributed by atoms with van der Waals surface area (Å²) in [4.78, 5) is 23.6. The molecule has 2 aromatic rings. The summed E-state index contributed by atoms with van der Waals surface area (Å²) >= 11 is 5.79. The zero-order valence-electron chi connectivity index (χ0n) is 14.6. The Labute approximate surface area is 158 Å². The first kappa shape index (κ1) is 20.1. The monoisotopic (exact) mass is 393 g/mol. The molecule has 26 heavy (non-hydrogen) atoms. The van der Waals surface area contributed by atoms with Gasteiger partial charge in [-0.15, -0.1) is 0 Å². The average Bonchev–Trinajstić information content (AvgIpc) is 2.61. The van der Waals surface area contributed by atoms with Crippen LogP contribution in [-0.2, 0) is 21.2 Å². The van der Waals surface area contributed by atoms with Gasteiger partial charge in [-0.25, -0.2) is 12.7 Å². The minimum absolute atomic E-state index is 0.0148. The Bertz CT molecular complexity index is 890. The third-order valence-corrected chi connectivity index (χ3v) is 6.09. The van der Waals surface area contributed by atoms with Crippen molar-refractivity contribution in [2.45, 2.75) is 31.6 Å². The lowest BCUT2D eigenvalue weighted by Gasteiger charge is -2.21. The minimum atomic E-state index is -3.94. The standard InChI is InChI=1S/C19H20ClNO4S/c1-3-19(23)16-6-4-15(5-7-16)12-13-21(14(2)22)26(24,25)18-10-8-17(20)9-11-18/h4-11H,3,12-13H2,1-2H3. The van der Waals surface area contributed by atoms with Gasteiger partial charge < -0.3 is 0 Å². The van der Waals surface area contributed by atoms with Crippen molar-refractivity contribution in [1.82, 2.24) is 4.31 Å². The lowest BCUT2D eigenvalue weighted by atomic mass is 10.1. The van der Waals surface area contributed by atoms with Crippen molar-refractivity contribution in [3.8, 4) is 0 Å². The van der Waals surface area contributed by atoms with Crippen LogP contribution >= 0.6 is 11.6 Å². The largest absolute Gasteiger partial charge is 0.294 e. The number of ketones is 1. The number of benzene rings is 2. The number of carbonyl (C=O) groups excluding carboxylic acids is 2. The first-order valence-corrected chi connectivity index (χ1v) is 9.98. The molecule has 0 spiro atoms. The third kappa shape index (κ3) is 4.71. The van der Waals surface area contributed by atoms with Crippen LogP contribution < -0.4 is 0 Å². The predicted octanol–water partition coefficient (Wildman–Crippen LogP) is 3.71. The number of halogens is 1. The second-order valence-corrected chi connectivity index (χ2v) is 8.07. The van der Waals surface area contributed by atoms with E-state index < -0.39 is 15.9 Å². The number of Topliss-reactive ketones (excluding diaryl/α,β-unsaturated/α-hetero) is 1. The summed E-state index contributed by atoms with van der Waals surface area (Å²) in [5.41, 5.74) is 1.46. The van der Waals surface area contributed by atoms with Gasteiger partial charge in [0.1, 0.15) is 0 Å². The summed E-state index contributed by atoms with van der Waals surface area (Å²) in [7, 11) is -3.94. The maximum absolute atomic E-state index is 12.7. The first-order valence-electron chi connectivity index (χ1n) is 8.16. The molecule has 7 heteroatoms. The molecule has 0 atom stereocenters. The van der Waals surface area contributed by atoms with E-state index >= 15 is 0 Å². The summed E-state index contributed by atoms with van der Waals surface area (Å²) in [5, 5.41) is 0.417. The number of rotatable bonds is 7. The van der Waals surface area contributed by atoms with Gasteiger partial charge in [0, 0.05) is 30.5 Å². The highest BCUT2D eigenvalue weighted by atomic mass is 35.5. The van der Waals surface area contributed by atoms with E-state index in [1.165, 1.54) is 31.2 Å². The normalized spacial score (nSPS) is 11.2. The molecule has 0 aliphatic rings. The molecule has 0 N–H and O–H groups in total. The smallest absolute Gasteiger partial charge is 0.266 e. The van der Waals surface area contributed by atoms with Crippen LogP contribution in [0.2, 0.25) is 5.02 Å². The van der Waals surface area contributed by atoms with Crippen LogP contribution in [0.25, 0.3) is 0 Å². The van der Waals surface area contributed by atoms with Crippen LogP contribution in [0.1, 0.15) is 36.2 Å². The van der Waals surface area contributed by atoms with Gasteiger partial charge >= 0.3 is 0 Å². The Hall–Kier alpha value is -2.18. The summed E-state index contributed by atoms with van der Waals surface area (Å²) in [6.45, 7) is 3.03. The molecule has 0 radical (unpaired) electrons. The van der Waals surface area contributed by atoms with Crippen LogP contribution in [0, 0.1) is 0 Å². The minimum Gasteiger partial charge on any atom is -0.294 e. The Morgan fingerprint density at radius 2 is 1.58 bits per heavy atom. The van der Waals surface area contributed by atoms with E-state index in [0.29, 0.717) is 23.4 Å². The molecule has 0 heterocycles. The molecule has 0 bridgehead atoms. The predicted molar refractivity (Wildman–Crippen MR) is 101 cm³/mol. The van der Waals surface area contributed by atoms with Crippen LogP contribution in [-0.4, -0.2) is 31.0 Å². The van der Waals surface area contributed by atoms with E-state index in [4.69, 9.17) is 11.6 Å². The maximum atomic E-state index is 12.7. The molecule has 0 unspecified atom stereocenters. The van der Waals surface area contributed by atoms with Crippen molar-refractivity contribution in [1.29, 1.82) is 0 Å². The van der Waals surface area contributed by atoms with Crippen molar-refractivity contribution < 1.29 is 18.0 Å². The highest BCUT2D eigenvalue weighted by Gasteiger charge is 2.26. The summed E-state index contributed by atoms with van der Waals surface area (Å²) in [6, 6.07) is 12.7. The van der Waals surface area contributed by atoms with Gasteiger partial charge in [-0.1, -0.05) is 42.8 Å². The average molecular weight is 394 g/mol. The van der Waals surface area contributed by atoms with E-state index in [1.54, 1.807) is 31.2 Å². The molecule has 0 fully saturated rings. The molecule has 2 aromatic carbocycles. The third-order valence-electron chi connectivity index (χ3n) is 3.95. The van der Waals surface area contributed by atoms with Crippen LogP contribution in [0.5, 0.6) is 0 Å². The van der Waals surface area contributed by atoms with Gasteiger partial charge in [-0.2, -0.15) is 0 Å². The summed E-state index contributed by atoms with van der Waals surface area (Å²) in [5.74, 6) is -0.509. The fraction of sp³-hybridized carbons (Fsp3) is 0.263. The van der Waals surface area contributed by atoms with E-state index in [9.17, 15) is 18.0 Å². The topological polar surface area (TPSA) is 71.5 Å². The second-order valence-electron chi connectivity index (χ2n) is 5.77. The molecule has 0 saturated carbocycles. The maximum Gasteiger partial charge on any atom is 0.266 e. The number of carbonyl (C=O) groups is 2. The lowest BCUT2D eigenvalue weighted by Crippen LogP contribution is -2.36. The van der Waals surface area contributed by atoms with Gasteiger partial charge in [-0.05, 0) is 36.2 Å². The number of sulfonamides is 1. The number of amides is 1. The van der Waals surface area contributed by atoms with Gasteiger partial charge in [0.05, 0.1) is 4.90 Å². The summed E-state index contributed by atoms with van der Waals surface area (Å²) < 4.78 is 26.3. The highest BCUT2D eigenvalue weighted by molar-refractivity contribution is 7.89. The number of hydrogen-bond acceptors (Lipinski definition) is 4. The van der Waals surface area contributed by atoms with Gasteiger partial charge in [-0.3, -0.25) is 9.59 Å². The molecular weight excluding hydrogens is 374 g/mol. The fourth-order valence-corrected chi connectivity index (χ4v) is 4.00. The van der Waals surface area contributed by atoms with Gasteiger partial charge in [0.25, 0.3) is 10.0 Å². The Kier molecular flexibility index (Phi) is 6.56. The summed E-state index contributed by atoms with van der Waals surface area (Å²) in [6.07, 6.45) is 0.782. The molecule has 2 rings (SSSR count). The van der Waals surface area contributed by atoms with Crippen molar-refractivity contribution in [3.05, 3.63) is 64.7 Å². The van der Waals surface area contributed by atoms with Crippen LogP contribution in [0.3, 0.4) is 0 Å². The molecule has 0 aliphatic carbocycles. The van der Waals surface area contributed by atoms with Crippen molar-refractivity contribution in [2.24, 2.45) is 0 Å². The first-order chi connectivity index (χ1) is 12.3. The van der Waals surface area contributed by atoms with Crippen LogP contribution in [0.15, 0.2) is 53.4 Å². The molecule has 0 aliphatic heterocycles. The lowest BCUT2D eigenvalue weighted by molar-refractivity contribution is -0.124. The molecule has 5 nitrogen and oxygen atoms in total. The van der Waals surface area contributed by atoms with E-state index in [-0.39, 0.29) is 17.2 Å². The number of hydrogen-bond donors (Lipinski definition) is 0.